The van der Waals surface area contributed by atoms with Crippen LogP contribution in [0.4, 0.5) is 5.69 Å². The number of halogens is 1. The average Bonchev–Trinajstić information content (AvgIpc) is 2.90. The van der Waals surface area contributed by atoms with E-state index in [9.17, 15) is 9.59 Å². The number of hydrogen-bond acceptors (Lipinski definition) is 7. The fourth-order valence-corrected chi connectivity index (χ4v) is 5.91. The van der Waals surface area contributed by atoms with Crippen LogP contribution in [0.25, 0.3) is 11.3 Å². The predicted molar refractivity (Wildman–Crippen MR) is 158 cm³/mol. The van der Waals surface area contributed by atoms with Crippen molar-refractivity contribution in [3.63, 3.8) is 0 Å². The average molecular weight is 551 g/mol. The first kappa shape index (κ1) is 28.9. The normalized spacial score (nSPS) is 19.8. The third kappa shape index (κ3) is 6.56. The fraction of sp³-hybridized carbons (Fsp3) is 0.500. The van der Waals surface area contributed by atoms with E-state index in [1.165, 1.54) is 0 Å². The molecule has 8 nitrogen and oxygen atoms in total. The van der Waals surface area contributed by atoms with E-state index in [1.54, 1.807) is 19.3 Å². The lowest BCUT2D eigenvalue weighted by Gasteiger charge is -2.40. The number of hydrogen-bond donors (Lipinski definition) is 1. The summed E-state index contributed by atoms with van der Waals surface area (Å²) in [6.07, 6.45) is 8.19. The van der Waals surface area contributed by atoms with Gasteiger partial charge in [0.15, 0.2) is 5.78 Å². The second-order valence-corrected chi connectivity index (χ2v) is 11.2. The highest BCUT2D eigenvalue weighted by molar-refractivity contribution is 6.34. The molecule has 4 rings (SSSR count). The number of aliphatic imine (C=N–C) groups is 1. The fourth-order valence-electron chi connectivity index (χ4n) is 5.60. The van der Waals surface area contributed by atoms with Crippen LogP contribution in [0.3, 0.4) is 0 Å². The first-order valence-corrected chi connectivity index (χ1v) is 14.1. The molecule has 208 valence electrons. The first-order valence-electron chi connectivity index (χ1n) is 13.7. The minimum atomic E-state index is -0.265. The standard InChI is InChI=1S/C30H39ClN6O2/c1-7-37(23-10-8-22(9-11-23)36(5)6)27-14-21(26-17-32-19(3)15-33-26)13-24(20(27)4)30(39)34-16-25-28(38)12-18(2)35-29(25)31/h13-15,17,22-23H,7-12,16H2,1-6H3,(H,34,39). The molecule has 1 aliphatic heterocycles. The van der Waals surface area contributed by atoms with E-state index in [2.05, 4.69) is 57.2 Å². The topological polar surface area (TPSA) is 90.8 Å². The molecule has 0 saturated heterocycles. The number of carbonyl (C=O) groups excluding carboxylic acids is 2. The summed E-state index contributed by atoms with van der Waals surface area (Å²) < 4.78 is 0. The number of amides is 1. The van der Waals surface area contributed by atoms with Crippen LogP contribution in [0.2, 0.25) is 0 Å². The number of ketones is 1. The summed E-state index contributed by atoms with van der Waals surface area (Å²) in [7, 11) is 4.31. The summed E-state index contributed by atoms with van der Waals surface area (Å²) in [5, 5.41) is 3.07. The van der Waals surface area contributed by atoms with Gasteiger partial charge in [0.1, 0.15) is 5.16 Å². The summed E-state index contributed by atoms with van der Waals surface area (Å²) in [5.41, 5.74) is 5.86. The summed E-state index contributed by atoms with van der Waals surface area (Å²) in [6, 6.07) is 5.00. The number of aryl methyl sites for hydroxylation is 1. The van der Waals surface area contributed by atoms with Gasteiger partial charge in [-0.25, -0.2) is 4.99 Å². The number of rotatable bonds is 8. The lowest BCUT2D eigenvalue weighted by Crippen LogP contribution is -2.42. The molecular weight excluding hydrogens is 512 g/mol. The van der Waals surface area contributed by atoms with Crippen LogP contribution < -0.4 is 10.2 Å². The number of carbonyl (C=O) groups is 2. The zero-order valence-corrected chi connectivity index (χ0v) is 24.6. The van der Waals surface area contributed by atoms with Crippen LogP contribution in [-0.4, -0.2) is 71.5 Å². The minimum Gasteiger partial charge on any atom is -0.369 e. The van der Waals surface area contributed by atoms with Gasteiger partial charge in [-0.3, -0.25) is 19.6 Å². The SMILES string of the molecule is CCN(c1cc(-c2cnc(C)cn2)cc(C(=O)NCC2=C(Cl)N=C(C)CC2=O)c1C)C1CCC(N(C)C)CC1. The highest BCUT2D eigenvalue weighted by atomic mass is 35.5. The Morgan fingerprint density at radius 1 is 1.05 bits per heavy atom. The number of anilines is 1. The maximum Gasteiger partial charge on any atom is 0.251 e. The van der Waals surface area contributed by atoms with Gasteiger partial charge < -0.3 is 15.1 Å². The molecule has 1 aliphatic carbocycles. The molecule has 2 heterocycles. The highest BCUT2D eigenvalue weighted by Gasteiger charge is 2.29. The number of nitrogens with zero attached hydrogens (tertiary/aromatic N) is 5. The third-order valence-corrected chi connectivity index (χ3v) is 8.22. The molecule has 0 atom stereocenters. The van der Waals surface area contributed by atoms with Gasteiger partial charge >= 0.3 is 0 Å². The molecule has 39 heavy (non-hydrogen) atoms. The van der Waals surface area contributed by atoms with Crippen molar-refractivity contribution in [3.8, 4) is 11.3 Å². The predicted octanol–water partition coefficient (Wildman–Crippen LogP) is 5.07. The maximum atomic E-state index is 13.6. The van der Waals surface area contributed by atoms with Crippen molar-refractivity contribution in [2.75, 3.05) is 32.1 Å². The van der Waals surface area contributed by atoms with Gasteiger partial charge in [0.2, 0.25) is 0 Å². The Morgan fingerprint density at radius 3 is 2.33 bits per heavy atom. The van der Waals surface area contributed by atoms with Crippen molar-refractivity contribution in [1.29, 1.82) is 0 Å². The minimum absolute atomic E-state index is 0.0304. The van der Waals surface area contributed by atoms with Crippen LogP contribution >= 0.6 is 11.6 Å². The Balaban J connectivity index is 1.68. The summed E-state index contributed by atoms with van der Waals surface area (Å²) in [4.78, 5) is 44.1. The van der Waals surface area contributed by atoms with Crippen LogP contribution in [0.15, 0.2) is 40.2 Å². The second kappa shape index (κ2) is 12.4. The van der Waals surface area contributed by atoms with E-state index in [0.717, 1.165) is 54.7 Å². The molecule has 0 spiro atoms. The highest BCUT2D eigenvalue weighted by Crippen LogP contribution is 2.35. The zero-order chi connectivity index (χ0) is 28.3. The van der Waals surface area contributed by atoms with Crippen molar-refractivity contribution in [2.24, 2.45) is 4.99 Å². The van der Waals surface area contributed by atoms with E-state index in [0.29, 0.717) is 34.6 Å². The third-order valence-electron chi connectivity index (χ3n) is 7.91. The summed E-state index contributed by atoms with van der Waals surface area (Å²) >= 11 is 6.25. The van der Waals surface area contributed by atoms with Gasteiger partial charge in [0.05, 0.1) is 23.2 Å². The van der Waals surface area contributed by atoms with Crippen molar-refractivity contribution in [1.82, 2.24) is 20.2 Å². The maximum absolute atomic E-state index is 13.6. The van der Waals surface area contributed by atoms with E-state index in [-0.39, 0.29) is 29.8 Å². The largest absolute Gasteiger partial charge is 0.369 e. The van der Waals surface area contributed by atoms with Crippen molar-refractivity contribution in [3.05, 3.63) is 52.1 Å². The molecule has 1 saturated carbocycles. The van der Waals surface area contributed by atoms with E-state index in [4.69, 9.17) is 11.6 Å². The van der Waals surface area contributed by atoms with Gasteiger partial charge in [-0.15, -0.1) is 0 Å². The quantitative estimate of drug-likeness (QED) is 0.461. The van der Waals surface area contributed by atoms with Gasteiger partial charge in [-0.1, -0.05) is 11.6 Å². The van der Waals surface area contributed by atoms with Crippen LogP contribution in [0.5, 0.6) is 0 Å². The van der Waals surface area contributed by atoms with Crippen molar-refractivity contribution >= 4 is 34.7 Å². The molecular formula is C30H39ClN6O2. The molecule has 2 aliphatic rings. The molecule has 1 fully saturated rings. The Kier molecular flexibility index (Phi) is 9.18. The van der Waals surface area contributed by atoms with Crippen LogP contribution in [0, 0.1) is 13.8 Å². The van der Waals surface area contributed by atoms with E-state index >= 15 is 0 Å². The van der Waals surface area contributed by atoms with E-state index < -0.39 is 0 Å². The molecule has 1 N–H and O–H groups in total. The molecule has 9 heteroatoms. The number of aromatic nitrogens is 2. The molecule has 0 bridgehead atoms. The van der Waals surface area contributed by atoms with Crippen LogP contribution in [-0.2, 0) is 4.79 Å². The number of nitrogens with one attached hydrogen (secondary N) is 1. The number of benzene rings is 1. The lowest BCUT2D eigenvalue weighted by molar-refractivity contribution is -0.114. The zero-order valence-electron chi connectivity index (χ0n) is 23.8. The molecule has 1 amide bonds. The Morgan fingerprint density at radius 2 is 1.74 bits per heavy atom. The smallest absolute Gasteiger partial charge is 0.251 e. The lowest BCUT2D eigenvalue weighted by atomic mass is 9.88. The molecule has 0 unspecified atom stereocenters. The van der Waals surface area contributed by atoms with Gasteiger partial charge in [0.25, 0.3) is 5.91 Å². The second-order valence-electron chi connectivity index (χ2n) is 10.8. The van der Waals surface area contributed by atoms with E-state index in [1.807, 2.05) is 19.9 Å². The van der Waals surface area contributed by atoms with Gasteiger partial charge in [-0.2, -0.15) is 0 Å². The number of Topliss-reactive ketones (excluding diaryl/α,β-unsaturated/α-hetero) is 1. The Bertz CT molecular complexity index is 1290. The summed E-state index contributed by atoms with van der Waals surface area (Å²) in [5.74, 6) is -0.376. The molecule has 2 aromatic rings. The first-order chi connectivity index (χ1) is 18.6. The monoisotopic (exact) mass is 550 g/mol. The Hall–Kier alpha value is -3.10. The molecule has 1 aromatic carbocycles. The summed E-state index contributed by atoms with van der Waals surface area (Å²) in [6.45, 7) is 8.69. The van der Waals surface area contributed by atoms with Gasteiger partial charge in [-0.05, 0) is 85.2 Å². The van der Waals surface area contributed by atoms with Crippen molar-refractivity contribution in [2.45, 2.75) is 71.9 Å². The van der Waals surface area contributed by atoms with Crippen molar-refractivity contribution < 1.29 is 9.59 Å². The van der Waals surface area contributed by atoms with Gasteiger partial charge in [0, 0.05) is 60.3 Å². The Labute approximate surface area is 236 Å². The van der Waals surface area contributed by atoms with Crippen LogP contribution in [0.1, 0.15) is 67.6 Å². The molecule has 0 radical (unpaired) electrons. The molecule has 1 aromatic heterocycles.